The molecule has 1 aliphatic carbocycles. The fraction of sp³-hybridized carbons (Fsp3) is 0.917. The monoisotopic (exact) mass is 244 g/mol. The first kappa shape index (κ1) is 14.3. The molecule has 100 valence electrons. The van der Waals surface area contributed by atoms with E-state index in [1.54, 1.807) is 0 Å². The van der Waals surface area contributed by atoms with Crippen molar-refractivity contribution in [3.63, 3.8) is 0 Å². The van der Waals surface area contributed by atoms with Crippen LogP contribution in [-0.2, 0) is 9.57 Å². The van der Waals surface area contributed by atoms with Crippen LogP contribution in [0.4, 0.5) is 4.79 Å². The van der Waals surface area contributed by atoms with Gasteiger partial charge in [0.05, 0.1) is 12.1 Å². The Balaban J connectivity index is 2.57. The van der Waals surface area contributed by atoms with Crippen molar-refractivity contribution in [3.8, 4) is 0 Å². The summed E-state index contributed by atoms with van der Waals surface area (Å²) in [6.45, 7) is 5.88. The highest BCUT2D eigenvalue weighted by atomic mass is 16.6. The fourth-order valence-corrected chi connectivity index (χ4v) is 2.21. The van der Waals surface area contributed by atoms with Gasteiger partial charge >= 0.3 is 6.09 Å². The molecule has 5 nitrogen and oxygen atoms in total. The van der Waals surface area contributed by atoms with Crippen molar-refractivity contribution < 1.29 is 14.4 Å². The van der Waals surface area contributed by atoms with Gasteiger partial charge in [0.15, 0.2) is 0 Å². The smallest absolute Gasteiger partial charge is 0.408 e. The van der Waals surface area contributed by atoms with Crippen LogP contribution in [0.2, 0.25) is 0 Å². The number of ether oxygens (including phenoxy) is 1. The topological polar surface area (TPSA) is 73.6 Å². The molecular weight excluding hydrogens is 220 g/mol. The lowest BCUT2D eigenvalue weighted by molar-refractivity contribution is 0.0189. The van der Waals surface area contributed by atoms with Gasteiger partial charge in [0, 0.05) is 0 Å². The van der Waals surface area contributed by atoms with E-state index in [9.17, 15) is 4.79 Å². The van der Waals surface area contributed by atoms with Gasteiger partial charge in [0.1, 0.15) is 5.60 Å². The first-order valence-electron chi connectivity index (χ1n) is 6.20. The summed E-state index contributed by atoms with van der Waals surface area (Å²) in [6.07, 6.45) is 4.75. The van der Waals surface area contributed by atoms with Crippen molar-refractivity contribution in [2.24, 2.45) is 5.90 Å². The van der Waals surface area contributed by atoms with Gasteiger partial charge < -0.3 is 14.9 Å². The molecule has 0 aromatic heterocycles. The summed E-state index contributed by atoms with van der Waals surface area (Å²) in [6, 6.07) is 0. The molecule has 0 atom stereocenters. The van der Waals surface area contributed by atoms with Crippen LogP contribution in [0.1, 0.15) is 52.9 Å². The summed E-state index contributed by atoms with van der Waals surface area (Å²) in [5.41, 5.74) is -0.834. The van der Waals surface area contributed by atoms with Crippen molar-refractivity contribution in [1.82, 2.24) is 5.32 Å². The zero-order valence-corrected chi connectivity index (χ0v) is 11.0. The number of carbonyl (C=O) groups is 1. The summed E-state index contributed by atoms with van der Waals surface area (Å²) in [4.78, 5) is 16.5. The summed E-state index contributed by atoms with van der Waals surface area (Å²) in [5, 5.41) is 2.92. The summed E-state index contributed by atoms with van der Waals surface area (Å²) in [7, 11) is 0. The van der Waals surface area contributed by atoms with Gasteiger partial charge in [-0.2, -0.15) is 0 Å². The molecule has 1 aliphatic rings. The number of amides is 1. The predicted octanol–water partition coefficient (Wildman–Crippen LogP) is 2.10. The largest absolute Gasteiger partial charge is 0.444 e. The van der Waals surface area contributed by atoms with E-state index in [1.165, 1.54) is 6.42 Å². The molecule has 0 heterocycles. The maximum Gasteiger partial charge on any atom is 0.408 e. The van der Waals surface area contributed by atoms with Gasteiger partial charge in [-0.15, -0.1) is 0 Å². The Morgan fingerprint density at radius 1 is 1.29 bits per heavy atom. The third-order valence-electron chi connectivity index (χ3n) is 2.94. The predicted molar refractivity (Wildman–Crippen MR) is 65.3 cm³/mol. The highest BCUT2D eigenvalue weighted by Crippen LogP contribution is 2.28. The van der Waals surface area contributed by atoms with Gasteiger partial charge in [-0.05, 0) is 33.6 Å². The molecule has 0 aromatic rings. The highest BCUT2D eigenvalue weighted by molar-refractivity contribution is 5.68. The molecule has 3 N–H and O–H groups in total. The molecular formula is C12H24N2O3. The number of hydrogen-bond donors (Lipinski definition) is 2. The second-order valence-electron chi connectivity index (χ2n) is 5.78. The van der Waals surface area contributed by atoms with Crippen LogP contribution in [0.15, 0.2) is 0 Å². The van der Waals surface area contributed by atoms with Crippen LogP contribution in [0.3, 0.4) is 0 Å². The Morgan fingerprint density at radius 3 is 2.35 bits per heavy atom. The first-order valence-corrected chi connectivity index (χ1v) is 6.20. The molecule has 0 spiro atoms. The van der Waals surface area contributed by atoms with E-state index in [0.717, 1.165) is 25.7 Å². The van der Waals surface area contributed by atoms with Crippen LogP contribution in [0.25, 0.3) is 0 Å². The Morgan fingerprint density at radius 2 is 1.88 bits per heavy atom. The molecule has 0 unspecified atom stereocenters. The van der Waals surface area contributed by atoms with E-state index < -0.39 is 11.7 Å². The third-order valence-corrected chi connectivity index (χ3v) is 2.94. The lowest BCUT2D eigenvalue weighted by Gasteiger charge is -2.37. The number of rotatable bonds is 3. The molecule has 0 radical (unpaired) electrons. The molecule has 5 heteroatoms. The van der Waals surface area contributed by atoms with E-state index in [1.807, 2.05) is 20.8 Å². The van der Waals surface area contributed by atoms with Crippen molar-refractivity contribution in [2.75, 3.05) is 6.61 Å². The van der Waals surface area contributed by atoms with E-state index in [-0.39, 0.29) is 5.54 Å². The average Bonchev–Trinajstić information content (AvgIpc) is 2.15. The Labute approximate surface area is 103 Å². The second-order valence-corrected chi connectivity index (χ2v) is 5.78. The van der Waals surface area contributed by atoms with E-state index >= 15 is 0 Å². The third kappa shape index (κ3) is 4.91. The molecule has 0 saturated heterocycles. The standard InChI is InChI=1S/C12H24N2O3/c1-11(2,3)17-10(15)14-12(9-16-13)7-5-4-6-8-12/h4-9,13H2,1-3H3,(H,14,15). The number of hydrogen-bond acceptors (Lipinski definition) is 4. The second kappa shape index (κ2) is 5.69. The fourth-order valence-electron chi connectivity index (χ4n) is 2.21. The van der Waals surface area contributed by atoms with Crippen molar-refractivity contribution in [2.45, 2.75) is 64.0 Å². The van der Waals surface area contributed by atoms with Crippen LogP contribution in [0, 0.1) is 0 Å². The minimum absolute atomic E-state index is 0.340. The van der Waals surface area contributed by atoms with Crippen LogP contribution >= 0.6 is 0 Å². The normalized spacial score (nSPS) is 19.8. The van der Waals surface area contributed by atoms with Crippen molar-refractivity contribution in [1.29, 1.82) is 0 Å². The minimum Gasteiger partial charge on any atom is -0.444 e. The van der Waals surface area contributed by atoms with Crippen LogP contribution in [0.5, 0.6) is 0 Å². The molecule has 0 aromatic carbocycles. The van der Waals surface area contributed by atoms with Crippen molar-refractivity contribution in [3.05, 3.63) is 0 Å². The quantitative estimate of drug-likeness (QED) is 0.746. The number of nitrogens with one attached hydrogen (secondary N) is 1. The molecule has 0 aliphatic heterocycles. The Kier molecular flexibility index (Phi) is 4.77. The number of carbonyl (C=O) groups excluding carboxylic acids is 1. The summed E-state index contributed by atoms with van der Waals surface area (Å²) in [5.74, 6) is 5.16. The van der Waals surface area contributed by atoms with Crippen molar-refractivity contribution >= 4 is 6.09 Å². The average molecular weight is 244 g/mol. The molecule has 0 bridgehead atoms. The Hall–Kier alpha value is -0.810. The lowest BCUT2D eigenvalue weighted by Crippen LogP contribution is -2.54. The molecule has 1 amide bonds. The van der Waals surface area contributed by atoms with Gasteiger partial charge in [0.25, 0.3) is 0 Å². The highest BCUT2D eigenvalue weighted by Gasteiger charge is 2.35. The maximum absolute atomic E-state index is 11.8. The lowest BCUT2D eigenvalue weighted by atomic mass is 9.82. The molecule has 1 saturated carbocycles. The van der Waals surface area contributed by atoms with E-state index in [4.69, 9.17) is 15.5 Å². The SMILES string of the molecule is CC(C)(C)OC(=O)NC1(CON)CCCCC1. The van der Waals surface area contributed by atoms with Crippen LogP contribution < -0.4 is 11.2 Å². The van der Waals surface area contributed by atoms with E-state index in [2.05, 4.69) is 5.32 Å². The molecule has 1 fully saturated rings. The summed E-state index contributed by atoms with van der Waals surface area (Å²) >= 11 is 0. The van der Waals surface area contributed by atoms with Gasteiger partial charge in [-0.1, -0.05) is 19.3 Å². The Bertz CT molecular complexity index is 249. The number of alkyl carbamates (subject to hydrolysis) is 1. The molecule has 17 heavy (non-hydrogen) atoms. The van der Waals surface area contributed by atoms with Gasteiger partial charge in [0.2, 0.25) is 0 Å². The zero-order valence-electron chi connectivity index (χ0n) is 11.0. The van der Waals surface area contributed by atoms with Crippen LogP contribution in [-0.4, -0.2) is 23.8 Å². The first-order chi connectivity index (χ1) is 7.87. The van der Waals surface area contributed by atoms with E-state index in [0.29, 0.717) is 6.61 Å². The number of nitrogens with two attached hydrogens (primary N) is 1. The zero-order chi connectivity index (χ0) is 12.9. The van der Waals surface area contributed by atoms with Gasteiger partial charge in [-0.25, -0.2) is 10.7 Å². The van der Waals surface area contributed by atoms with Gasteiger partial charge in [-0.3, -0.25) is 0 Å². The maximum atomic E-state index is 11.8. The minimum atomic E-state index is -0.483. The molecule has 1 rings (SSSR count). The summed E-state index contributed by atoms with van der Waals surface area (Å²) < 4.78 is 5.27.